The maximum atomic E-state index is 11.4. The van der Waals surface area contributed by atoms with Gasteiger partial charge in [-0.05, 0) is 0 Å². The molecule has 0 radical (unpaired) electrons. The molecule has 3 atom stereocenters. The van der Waals surface area contributed by atoms with E-state index in [-0.39, 0.29) is 19.0 Å². The van der Waals surface area contributed by atoms with Crippen LogP contribution in [0.3, 0.4) is 0 Å². The average Bonchev–Trinajstić information content (AvgIpc) is 2.59. The van der Waals surface area contributed by atoms with Gasteiger partial charge in [-0.3, -0.25) is 4.57 Å². The van der Waals surface area contributed by atoms with Crippen LogP contribution in [-0.4, -0.2) is 43.6 Å². The molecule has 0 amide bonds. The van der Waals surface area contributed by atoms with Crippen molar-refractivity contribution in [3.63, 3.8) is 0 Å². The Balaban J connectivity index is 2.23. The lowest BCUT2D eigenvalue weighted by Gasteiger charge is -2.13. The zero-order valence-corrected chi connectivity index (χ0v) is 8.35. The van der Waals surface area contributed by atoms with E-state index in [0.29, 0.717) is 0 Å². The van der Waals surface area contributed by atoms with Crippen LogP contribution in [0.5, 0.6) is 0 Å². The molecule has 2 heterocycles. The van der Waals surface area contributed by atoms with E-state index in [1.165, 1.54) is 6.33 Å². The molecule has 0 aromatic carbocycles. The van der Waals surface area contributed by atoms with Gasteiger partial charge in [-0.1, -0.05) is 0 Å². The second-order valence-electron chi connectivity index (χ2n) is 3.52. The van der Waals surface area contributed by atoms with Gasteiger partial charge in [-0.25, -0.2) is 9.78 Å². The molecule has 88 valence electrons. The highest BCUT2D eigenvalue weighted by Crippen LogP contribution is 2.26. The molecule has 8 nitrogen and oxygen atoms in total. The quantitative estimate of drug-likeness (QED) is 0.527. The number of hydrogen-bond acceptors (Lipinski definition) is 7. The Morgan fingerprint density at radius 3 is 3.00 bits per heavy atom. The standard InChI is InChI=1S/C8H12N4O4/c9-7-10-3-12(8(15)11-7)6-1-4(14)5(2-13)16-6/h3-6,13-14H,1-2H2,(H2,9,11,15)/t4-,5?,6?/m1/s1. The molecule has 1 aromatic rings. The first-order chi connectivity index (χ1) is 7.61. The van der Waals surface area contributed by atoms with Gasteiger partial charge in [0.1, 0.15) is 18.7 Å². The second kappa shape index (κ2) is 4.16. The van der Waals surface area contributed by atoms with Crippen molar-refractivity contribution in [1.29, 1.82) is 0 Å². The molecule has 0 aliphatic carbocycles. The van der Waals surface area contributed by atoms with Gasteiger partial charge < -0.3 is 20.7 Å². The SMILES string of the molecule is Nc1ncn(C2C[C@@H](O)C(CO)O2)c(=O)n1. The first kappa shape index (κ1) is 11.0. The van der Waals surface area contributed by atoms with Crippen LogP contribution in [0.2, 0.25) is 0 Å². The van der Waals surface area contributed by atoms with E-state index in [1.807, 2.05) is 0 Å². The fourth-order valence-corrected chi connectivity index (χ4v) is 1.60. The molecule has 1 fully saturated rings. The van der Waals surface area contributed by atoms with Crippen LogP contribution in [0.4, 0.5) is 5.95 Å². The summed E-state index contributed by atoms with van der Waals surface area (Å²) < 4.78 is 6.41. The van der Waals surface area contributed by atoms with Crippen molar-refractivity contribution in [2.45, 2.75) is 24.9 Å². The van der Waals surface area contributed by atoms with Crippen LogP contribution < -0.4 is 11.4 Å². The van der Waals surface area contributed by atoms with E-state index >= 15 is 0 Å². The summed E-state index contributed by atoms with van der Waals surface area (Å²) in [6, 6.07) is 0. The Morgan fingerprint density at radius 1 is 1.69 bits per heavy atom. The number of nitrogens with zero attached hydrogens (tertiary/aromatic N) is 3. The zero-order valence-electron chi connectivity index (χ0n) is 8.35. The molecule has 0 saturated carbocycles. The van der Waals surface area contributed by atoms with Gasteiger partial charge >= 0.3 is 5.69 Å². The van der Waals surface area contributed by atoms with Gasteiger partial charge in [0, 0.05) is 6.42 Å². The molecular formula is C8H12N4O4. The zero-order chi connectivity index (χ0) is 11.7. The maximum absolute atomic E-state index is 11.4. The number of aliphatic hydroxyl groups excluding tert-OH is 2. The minimum atomic E-state index is -0.806. The highest BCUT2D eigenvalue weighted by Gasteiger charge is 2.35. The normalized spacial score (nSPS) is 29.5. The molecule has 1 saturated heterocycles. The number of anilines is 1. The number of ether oxygens (including phenoxy) is 1. The Kier molecular flexibility index (Phi) is 2.86. The highest BCUT2D eigenvalue weighted by molar-refractivity contribution is 5.09. The lowest BCUT2D eigenvalue weighted by atomic mass is 10.2. The summed E-state index contributed by atoms with van der Waals surface area (Å²) in [5.41, 5.74) is 4.65. The number of nitrogens with two attached hydrogens (primary N) is 1. The lowest BCUT2D eigenvalue weighted by Crippen LogP contribution is -2.28. The smallest absolute Gasteiger partial charge is 0.354 e. The Hall–Kier alpha value is -1.51. The van der Waals surface area contributed by atoms with Crippen LogP contribution >= 0.6 is 0 Å². The third-order valence-electron chi connectivity index (χ3n) is 2.44. The Labute approximate surface area is 90.3 Å². The third-order valence-corrected chi connectivity index (χ3v) is 2.44. The van der Waals surface area contributed by atoms with E-state index in [1.54, 1.807) is 0 Å². The van der Waals surface area contributed by atoms with E-state index in [9.17, 15) is 9.90 Å². The van der Waals surface area contributed by atoms with Crippen molar-refractivity contribution < 1.29 is 14.9 Å². The van der Waals surface area contributed by atoms with Crippen LogP contribution in [-0.2, 0) is 4.74 Å². The van der Waals surface area contributed by atoms with Crippen molar-refractivity contribution >= 4 is 5.95 Å². The van der Waals surface area contributed by atoms with E-state index in [0.717, 1.165) is 4.57 Å². The molecule has 0 spiro atoms. The molecule has 1 aliphatic rings. The first-order valence-electron chi connectivity index (χ1n) is 4.77. The topological polar surface area (TPSA) is 123 Å². The van der Waals surface area contributed by atoms with E-state index < -0.39 is 24.1 Å². The minimum Gasteiger partial charge on any atom is -0.394 e. The van der Waals surface area contributed by atoms with E-state index in [4.69, 9.17) is 15.6 Å². The summed E-state index contributed by atoms with van der Waals surface area (Å²) in [6.07, 6.45) is -0.741. The van der Waals surface area contributed by atoms with E-state index in [2.05, 4.69) is 9.97 Å². The molecule has 16 heavy (non-hydrogen) atoms. The monoisotopic (exact) mass is 228 g/mol. The van der Waals surface area contributed by atoms with Gasteiger partial charge in [-0.15, -0.1) is 0 Å². The van der Waals surface area contributed by atoms with Gasteiger partial charge in [0.2, 0.25) is 5.95 Å². The maximum Gasteiger partial charge on any atom is 0.354 e. The van der Waals surface area contributed by atoms with Gasteiger partial charge in [0.15, 0.2) is 0 Å². The van der Waals surface area contributed by atoms with Gasteiger partial charge in [0.25, 0.3) is 0 Å². The number of rotatable bonds is 2. The van der Waals surface area contributed by atoms with Crippen LogP contribution in [0, 0.1) is 0 Å². The summed E-state index contributed by atoms with van der Waals surface area (Å²) in [6.45, 7) is -0.303. The number of aromatic nitrogens is 3. The number of nitrogen functional groups attached to an aromatic ring is 1. The summed E-state index contributed by atoms with van der Waals surface area (Å²) in [5.74, 6) is -0.112. The summed E-state index contributed by atoms with van der Waals surface area (Å²) in [5, 5.41) is 18.4. The van der Waals surface area contributed by atoms with Crippen LogP contribution in [0.1, 0.15) is 12.6 Å². The minimum absolute atomic E-state index is 0.112. The van der Waals surface area contributed by atoms with Gasteiger partial charge in [-0.2, -0.15) is 4.98 Å². The number of aliphatic hydroxyl groups is 2. The van der Waals surface area contributed by atoms with Crippen LogP contribution in [0.25, 0.3) is 0 Å². The number of hydrogen-bond donors (Lipinski definition) is 3. The summed E-state index contributed by atoms with van der Waals surface area (Å²) in [4.78, 5) is 18.5. The first-order valence-corrected chi connectivity index (χ1v) is 4.77. The van der Waals surface area contributed by atoms with Crippen molar-refractivity contribution in [2.24, 2.45) is 0 Å². The van der Waals surface area contributed by atoms with Gasteiger partial charge in [0.05, 0.1) is 12.7 Å². The highest BCUT2D eigenvalue weighted by atomic mass is 16.5. The fraction of sp³-hybridized carbons (Fsp3) is 0.625. The van der Waals surface area contributed by atoms with Crippen LogP contribution in [0.15, 0.2) is 11.1 Å². The molecule has 8 heteroatoms. The Bertz CT molecular complexity index is 434. The van der Waals surface area contributed by atoms with Crippen molar-refractivity contribution in [3.8, 4) is 0 Å². The van der Waals surface area contributed by atoms with Crippen molar-refractivity contribution in [3.05, 3.63) is 16.8 Å². The predicted octanol–water partition coefficient (Wildman–Crippen LogP) is -2.14. The summed E-state index contributed by atoms with van der Waals surface area (Å²) >= 11 is 0. The molecule has 2 rings (SSSR count). The Morgan fingerprint density at radius 2 is 2.44 bits per heavy atom. The largest absolute Gasteiger partial charge is 0.394 e. The second-order valence-corrected chi connectivity index (χ2v) is 3.52. The van der Waals surface area contributed by atoms with Crippen molar-refractivity contribution in [2.75, 3.05) is 12.3 Å². The molecule has 1 aliphatic heterocycles. The molecule has 0 bridgehead atoms. The summed E-state index contributed by atoms with van der Waals surface area (Å²) in [7, 11) is 0. The molecule has 4 N–H and O–H groups in total. The molecule has 1 aromatic heterocycles. The third kappa shape index (κ3) is 1.90. The fourth-order valence-electron chi connectivity index (χ4n) is 1.60. The van der Waals surface area contributed by atoms with Crippen molar-refractivity contribution in [1.82, 2.24) is 14.5 Å². The predicted molar refractivity (Wildman–Crippen MR) is 52.3 cm³/mol. The average molecular weight is 228 g/mol. The lowest BCUT2D eigenvalue weighted by molar-refractivity contribution is -0.0462. The molecular weight excluding hydrogens is 216 g/mol. The molecule has 2 unspecified atom stereocenters.